The van der Waals surface area contributed by atoms with Gasteiger partial charge in [-0.25, -0.2) is 17.7 Å². The first-order valence-corrected chi connectivity index (χ1v) is 14.5. The minimum absolute atomic E-state index is 0.0316. The van der Waals surface area contributed by atoms with Crippen LogP contribution >= 0.6 is 7.75 Å². The number of halogens is 3. The number of carbonyl (C=O) groups is 3. The van der Waals surface area contributed by atoms with E-state index in [1.54, 1.807) is 38.1 Å². The lowest BCUT2D eigenvalue weighted by molar-refractivity contribution is -0.193. The third-order valence-corrected chi connectivity index (χ3v) is 8.16. The van der Waals surface area contributed by atoms with Crippen molar-refractivity contribution in [2.75, 3.05) is 6.61 Å². The lowest BCUT2D eigenvalue weighted by atomic mass is 9.98. The molecule has 6 atom stereocenters. The number of rotatable bonds is 11. The van der Waals surface area contributed by atoms with Crippen molar-refractivity contribution < 1.29 is 55.7 Å². The SMILES string of the molecule is CC(C)OC(=O)[C@H](C)NP(=O)(OC[C@@]1(C(F)F)O[C@@H](N2C=CC(=O)CC2=O)[C@H](O)[C@H]1F)Oc1ccc2ccccc2c1. The van der Waals surface area contributed by atoms with Crippen LogP contribution in [0.15, 0.2) is 54.7 Å². The molecule has 11 nitrogen and oxygen atoms in total. The first-order valence-electron chi connectivity index (χ1n) is 13.0. The third kappa shape index (κ3) is 6.68. The van der Waals surface area contributed by atoms with Crippen LogP contribution in [0.25, 0.3) is 10.8 Å². The predicted molar refractivity (Wildman–Crippen MR) is 142 cm³/mol. The van der Waals surface area contributed by atoms with Crippen LogP contribution in [0.5, 0.6) is 5.75 Å². The molecule has 42 heavy (non-hydrogen) atoms. The van der Waals surface area contributed by atoms with E-state index in [-0.39, 0.29) is 5.75 Å². The van der Waals surface area contributed by atoms with Gasteiger partial charge in [-0.1, -0.05) is 30.3 Å². The number of aliphatic hydroxyl groups is 1. The van der Waals surface area contributed by atoms with Gasteiger partial charge in [-0.15, -0.1) is 0 Å². The molecule has 2 heterocycles. The van der Waals surface area contributed by atoms with Crippen molar-refractivity contribution in [3.63, 3.8) is 0 Å². The Morgan fingerprint density at radius 1 is 1.19 bits per heavy atom. The summed E-state index contributed by atoms with van der Waals surface area (Å²) in [6, 6.07) is 10.3. The van der Waals surface area contributed by atoms with Crippen molar-refractivity contribution in [3.05, 3.63) is 54.7 Å². The van der Waals surface area contributed by atoms with Gasteiger partial charge in [0, 0.05) is 6.20 Å². The predicted octanol–water partition coefficient (Wildman–Crippen LogP) is 3.65. The molecular formula is C27H30F3N2O9P. The van der Waals surface area contributed by atoms with E-state index in [4.69, 9.17) is 18.5 Å². The normalized spacial score (nSPS) is 26.6. The Morgan fingerprint density at radius 3 is 2.52 bits per heavy atom. The summed E-state index contributed by atoms with van der Waals surface area (Å²) >= 11 is 0. The molecule has 0 aromatic heterocycles. The first kappa shape index (κ1) is 31.6. The van der Waals surface area contributed by atoms with E-state index in [0.717, 1.165) is 17.7 Å². The number of amides is 1. The number of nitrogens with one attached hydrogen (secondary N) is 1. The summed E-state index contributed by atoms with van der Waals surface area (Å²) in [5.74, 6) is -2.38. The zero-order valence-electron chi connectivity index (χ0n) is 22.8. The largest absolute Gasteiger partial charge is 0.462 e. The highest BCUT2D eigenvalue weighted by Gasteiger charge is 2.64. The molecule has 2 N–H and O–H groups in total. The fourth-order valence-electron chi connectivity index (χ4n) is 4.40. The van der Waals surface area contributed by atoms with E-state index in [1.165, 1.54) is 19.1 Å². The maximum Gasteiger partial charge on any atom is 0.459 e. The van der Waals surface area contributed by atoms with Crippen molar-refractivity contribution in [3.8, 4) is 5.75 Å². The van der Waals surface area contributed by atoms with Crippen molar-refractivity contribution >= 4 is 36.2 Å². The number of carbonyl (C=O) groups excluding carboxylic acids is 3. The van der Waals surface area contributed by atoms with Gasteiger partial charge in [0.15, 0.2) is 23.8 Å². The lowest BCUT2D eigenvalue weighted by Crippen LogP contribution is -2.51. The number of esters is 1. The Morgan fingerprint density at radius 2 is 1.88 bits per heavy atom. The summed E-state index contributed by atoms with van der Waals surface area (Å²) in [4.78, 5) is 36.9. The molecule has 0 saturated carbocycles. The van der Waals surface area contributed by atoms with Crippen molar-refractivity contribution in [1.29, 1.82) is 0 Å². The third-order valence-electron chi connectivity index (χ3n) is 6.54. The molecule has 0 bridgehead atoms. The van der Waals surface area contributed by atoms with Gasteiger partial charge in [0.05, 0.1) is 19.1 Å². The second-order valence-corrected chi connectivity index (χ2v) is 11.8. The number of allylic oxidation sites excluding steroid dienone is 1. The highest BCUT2D eigenvalue weighted by atomic mass is 31.2. The average Bonchev–Trinajstić information content (AvgIpc) is 3.17. The lowest BCUT2D eigenvalue weighted by Gasteiger charge is -2.33. The Bertz CT molecular complexity index is 1420. The van der Waals surface area contributed by atoms with Crippen molar-refractivity contribution in [1.82, 2.24) is 9.99 Å². The molecule has 2 aliphatic heterocycles. The summed E-state index contributed by atoms with van der Waals surface area (Å²) < 4.78 is 79.5. The number of nitrogens with zero attached hydrogens (tertiary/aromatic N) is 1. The van der Waals surface area contributed by atoms with Crippen LogP contribution < -0.4 is 9.61 Å². The Labute approximate surface area is 239 Å². The number of ether oxygens (including phenoxy) is 2. The molecule has 0 radical (unpaired) electrons. The van der Waals surface area contributed by atoms with Crippen molar-refractivity contribution in [2.24, 2.45) is 0 Å². The zero-order chi connectivity index (χ0) is 30.8. The fourth-order valence-corrected chi connectivity index (χ4v) is 5.92. The maximum absolute atomic E-state index is 15.4. The summed E-state index contributed by atoms with van der Waals surface area (Å²) in [6.07, 6.45) is -10.0. The first-order chi connectivity index (χ1) is 19.7. The molecule has 1 fully saturated rings. The number of ketones is 1. The van der Waals surface area contributed by atoms with Gasteiger partial charge in [0.25, 0.3) is 6.43 Å². The molecule has 4 rings (SSSR count). The van der Waals surface area contributed by atoms with Crippen LogP contribution in [0, 0.1) is 0 Å². The van der Waals surface area contributed by atoms with Crippen LogP contribution in [0.3, 0.4) is 0 Å². The molecule has 2 aromatic rings. The van der Waals surface area contributed by atoms with E-state index < -0.39 is 81.1 Å². The van der Waals surface area contributed by atoms with E-state index in [9.17, 15) is 32.8 Å². The van der Waals surface area contributed by atoms with Gasteiger partial charge in [-0.05, 0) is 49.8 Å². The fraction of sp³-hybridized carbons (Fsp3) is 0.444. The summed E-state index contributed by atoms with van der Waals surface area (Å²) in [6.45, 7) is 3.00. The second kappa shape index (κ2) is 12.5. The number of hydrogen-bond acceptors (Lipinski definition) is 9. The van der Waals surface area contributed by atoms with Gasteiger partial charge in [-0.3, -0.25) is 23.8 Å². The van der Waals surface area contributed by atoms with E-state index in [1.807, 2.05) is 6.07 Å². The van der Waals surface area contributed by atoms with E-state index in [2.05, 4.69) is 5.09 Å². The van der Waals surface area contributed by atoms with Gasteiger partial charge in [0.1, 0.15) is 17.9 Å². The number of fused-ring (bicyclic) bond motifs is 1. The van der Waals surface area contributed by atoms with Crippen LogP contribution in [-0.4, -0.2) is 76.9 Å². The maximum atomic E-state index is 15.4. The Kier molecular flexibility index (Phi) is 9.43. The molecule has 2 aromatic carbocycles. The molecule has 1 saturated heterocycles. The van der Waals surface area contributed by atoms with Crippen LogP contribution in [0.1, 0.15) is 27.2 Å². The highest BCUT2D eigenvalue weighted by Crippen LogP contribution is 2.49. The summed E-state index contributed by atoms with van der Waals surface area (Å²) in [5, 5.41) is 14.3. The minimum atomic E-state index is -4.78. The molecule has 228 valence electrons. The molecule has 2 aliphatic rings. The van der Waals surface area contributed by atoms with Gasteiger partial charge in [-0.2, -0.15) is 5.09 Å². The molecule has 0 spiro atoms. The average molecular weight is 615 g/mol. The van der Waals surface area contributed by atoms with Crippen LogP contribution in [-0.2, 0) is 32.9 Å². The number of hydrogen-bond donors (Lipinski definition) is 2. The van der Waals surface area contributed by atoms with Gasteiger partial charge >= 0.3 is 13.7 Å². The Balaban J connectivity index is 1.62. The van der Waals surface area contributed by atoms with Gasteiger partial charge < -0.3 is 19.1 Å². The summed E-state index contributed by atoms with van der Waals surface area (Å²) in [7, 11) is -4.78. The molecule has 15 heteroatoms. The van der Waals surface area contributed by atoms with Crippen LogP contribution in [0.4, 0.5) is 13.2 Å². The van der Waals surface area contributed by atoms with Crippen LogP contribution in [0.2, 0.25) is 0 Å². The Hall–Kier alpha value is -3.29. The van der Waals surface area contributed by atoms with E-state index >= 15 is 4.39 Å². The smallest absolute Gasteiger partial charge is 0.459 e. The van der Waals surface area contributed by atoms with Gasteiger partial charge in [0.2, 0.25) is 5.91 Å². The molecule has 1 unspecified atom stereocenters. The van der Waals surface area contributed by atoms with Crippen molar-refractivity contribution in [2.45, 2.75) is 69.9 Å². The number of aliphatic hydroxyl groups excluding tert-OH is 1. The standard InChI is InChI=1S/C27H30F3N2O9P/c1-15(2)39-25(36)16(3)31-42(37,41-20-9-8-17-6-4-5-7-18(17)12-20)38-14-27(26(29)30)23(28)22(35)24(40-27)32-11-10-19(33)13-21(32)34/h4-12,15-16,22-24,26,35H,13-14H2,1-3H3,(H,31,37)/t16-,22+,23+,24+,27+,42?/m0/s1. The second-order valence-electron chi connectivity index (χ2n) is 10.1. The van der Waals surface area contributed by atoms with E-state index in [0.29, 0.717) is 10.3 Å². The topological polar surface area (TPSA) is 141 Å². The molecule has 1 amide bonds. The monoisotopic (exact) mass is 614 g/mol. The highest BCUT2D eigenvalue weighted by molar-refractivity contribution is 7.52. The summed E-state index contributed by atoms with van der Waals surface area (Å²) in [5.41, 5.74) is -3.22. The number of benzene rings is 2. The quantitative estimate of drug-likeness (QED) is 0.219. The minimum Gasteiger partial charge on any atom is -0.462 e. The molecule has 0 aliphatic carbocycles. The zero-order valence-corrected chi connectivity index (χ0v) is 23.7. The molecular weight excluding hydrogens is 584 g/mol. The number of alkyl halides is 3.